The van der Waals surface area contributed by atoms with Gasteiger partial charge in [-0.05, 0) is 18.2 Å². The first kappa shape index (κ1) is 11.9. The van der Waals surface area contributed by atoms with E-state index in [9.17, 15) is 4.79 Å². The maximum absolute atomic E-state index is 11.8. The van der Waals surface area contributed by atoms with Crippen LogP contribution < -0.4 is 10.2 Å². The van der Waals surface area contributed by atoms with Gasteiger partial charge in [-0.2, -0.15) is 10.5 Å². The molecular formula is C13H12N4O. The first-order valence-corrected chi connectivity index (χ1v) is 5.67. The molecular weight excluding hydrogens is 228 g/mol. The van der Waals surface area contributed by atoms with Crippen LogP contribution in [0.15, 0.2) is 24.3 Å². The van der Waals surface area contributed by atoms with E-state index in [1.54, 1.807) is 18.2 Å². The Kier molecular flexibility index (Phi) is 3.45. The summed E-state index contributed by atoms with van der Waals surface area (Å²) in [5.41, 5.74) is 1.36. The van der Waals surface area contributed by atoms with Gasteiger partial charge in [0.15, 0.2) is 0 Å². The summed E-state index contributed by atoms with van der Waals surface area (Å²) in [6, 6.07) is 10.7. The molecule has 2 rings (SSSR count). The molecule has 0 bridgehead atoms. The number of nitriles is 2. The van der Waals surface area contributed by atoms with Gasteiger partial charge in [0.05, 0.1) is 24.1 Å². The Labute approximate surface area is 105 Å². The molecule has 1 unspecified atom stereocenters. The highest BCUT2D eigenvalue weighted by Crippen LogP contribution is 2.21. The third-order valence-electron chi connectivity index (χ3n) is 2.92. The lowest BCUT2D eigenvalue weighted by atomic mass is 10.1. The van der Waals surface area contributed by atoms with Crippen LogP contribution in [0.5, 0.6) is 0 Å². The Bertz CT molecular complexity index is 541. The number of hydrogen-bond acceptors (Lipinski definition) is 4. The van der Waals surface area contributed by atoms with Crippen LogP contribution in [-0.2, 0) is 4.79 Å². The summed E-state index contributed by atoms with van der Waals surface area (Å²) in [5, 5.41) is 20.4. The minimum atomic E-state index is -0.474. The van der Waals surface area contributed by atoms with E-state index < -0.39 is 6.04 Å². The summed E-state index contributed by atoms with van der Waals surface area (Å²) in [6.07, 6.45) is 0.141. The van der Waals surface area contributed by atoms with Crippen LogP contribution in [0.2, 0.25) is 0 Å². The number of anilines is 1. The summed E-state index contributed by atoms with van der Waals surface area (Å²) in [5.74, 6) is -0.134. The number of benzene rings is 1. The van der Waals surface area contributed by atoms with Crippen molar-refractivity contribution in [1.82, 2.24) is 5.32 Å². The number of nitrogens with zero attached hydrogens (tertiary/aromatic N) is 3. The maximum atomic E-state index is 11.8. The molecule has 0 saturated carbocycles. The summed E-state index contributed by atoms with van der Waals surface area (Å²) in [7, 11) is 0. The number of hydrogen-bond donors (Lipinski definition) is 1. The predicted octanol–water partition coefficient (Wildman–Crippen LogP) is 0.777. The number of nitrogens with one attached hydrogen (secondary N) is 1. The maximum Gasteiger partial charge on any atom is 0.243 e. The van der Waals surface area contributed by atoms with Gasteiger partial charge in [0.2, 0.25) is 5.91 Å². The van der Waals surface area contributed by atoms with E-state index in [0.29, 0.717) is 18.7 Å². The minimum Gasteiger partial charge on any atom is -0.357 e. The third-order valence-corrected chi connectivity index (χ3v) is 2.92. The molecule has 1 aromatic carbocycles. The Balaban J connectivity index is 2.32. The summed E-state index contributed by atoms with van der Waals surface area (Å²) in [4.78, 5) is 13.6. The molecule has 1 fully saturated rings. The second-order valence-electron chi connectivity index (χ2n) is 4.02. The fraction of sp³-hybridized carbons (Fsp3) is 0.308. The molecule has 0 radical (unpaired) electrons. The molecule has 0 aliphatic carbocycles. The number of amides is 1. The van der Waals surface area contributed by atoms with Gasteiger partial charge in [-0.15, -0.1) is 0 Å². The highest BCUT2D eigenvalue weighted by molar-refractivity contribution is 5.86. The molecule has 0 aromatic heterocycles. The smallest absolute Gasteiger partial charge is 0.243 e. The summed E-state index contributed by atoms with van der Waals surface area (Å²) in [6.45, 7) is 1.20. The second-order valence-corrected chi connectivity index (χ2v) is 4.02. The van der Waals surface area contributed by atoms with E-state index in [-0.39, 0.29) is 12.3 Å². The molecule has 1 saturated heterocycles. The lowest BCUT2D eigenvalue weighted by Crippen LogP contribution is -2.55. The largest absolute Gasteiger partial charge is 0.357 e. The van der Waals surface area contributed by atoms with Gasteiger partial charge in [0, 0.05) is 18.8 Å². The van der Waals surface area contributed by atoms with Crippen molar-refractivity contribution in [2.24, 2.45) is 0 Å². The van der Waals surface area contributed by atoms with Gasteiger partial charge < -0.3 is 10.2 Å². The molecule has 1 aliphatic rings. The molecule has 0 spiro atoms. The molecule has 5 heteroatoms. The highest BCUT2D eigenvalue weighted by Gasteiger charge is 2.29. The predicted molar refractivity (Wildman–Crippen MR) is 65.5 cm³/mol. The van der Waals surface area contributed by atoms with Crippen LogP contribution in [0.3, 0.4) is 0 Å². The Morgan fingerprint density at radius 1 is 1.44 bits per heavy atom. The lowest BCUT2D eigenvalue weighted by Gasteiger charge is -2.35. The van der Waals surface area contributed by atoms with Gasteiger partial charge in [-0.3, -0.25) is 4.79 Å². The van der Waals surface area contributed by atoms with Gasteiger partial charge >= 0.3 is 0 Å². The molecule has 1 heterocycles. The van der Waals surface area contributed by atoms with Crippen LogP contribution in [0.4, 0.5) is 5.69 Å². The molecule has 18 heavy (non-hydrogen) atoms. The topological polar surface area (TPSA) is 79.9 Å². The zero-order valence-corrected chi connectivity index (χ0v) is 9.76. The van der Waals surface area contributed by atoms with Gasteiger partial charge in [0.1, 0.15) is 6.04 Å². The third kappa shape index (κ3) is 2.26. The molecule has 1 amide bonds. The van der Waals surface area contributed by atoms with Crippen molar-refractivity contribution in [3.63, 3.8) is 0 Å². The fourth-order valence-electron chi connectivity index (χ4n) is 2.07. The second kappa shape index (κ2) is 5.20. The molecule has 90 valence electrons. The molecule has 1 N–H and O–H groups in total. The standard InChI is InChI=1S/C13H12N4O/c14-5-4-12-13(18)16-6-7-17(12)11-3-1-2-10(8-11)9-15/h1-3,8,12H,4,6-7H2,(H,16,18). The molecule has 5 nitrogen and oxygen atoms in total. The average molecular weight is 240 g/mol. The van der Waals surface area contributed by atoms with Crippen molar-refractivity contribution in [3.05, 3.63) is 29.8 Å². The average Bonchev–Trinajstić information content (AvgIpc) is 2.41. The van der Waals surface area contributed by atoms with Crippen molar-refractivity contribution < 1.29 is 4.79 Å². The van der Waals surface area contributed by atoms with Crippen LogP contribution >= 0.6 is 0 Å². The van der Waals surface area contributed by atoms with E-state index in [1.807, 2.05) is 17.0 Å². The molecule has 1 aromatic rings. The van der Waals surface area contributed by atoms with E-state index in [0.717, 1.165) is 5.69 Å². The lowest BCUT2D eigenvalue weighted by molar-refractivity contribution is -0.123. The van der Waals surface area contributed by atoms with Gasteiger partial charge in [-0.1, -0.05) is 6.07 Å². The fourth-order valence-corrected chi connectivity index (χ4v) is 2.07. The quantitative estimate of drug-likeness (QED) is 0.828. The van der Waals surface area contributed by atoms with Gasteiger partial charge in [-0.25, -0.2) is 0 Å². The highest BCUT2D eigenvalue weighted by atomic mass is 16.2. The van der Waals surface area contributed by atoms with E-state index in [2.05, 4.69) is 11.4 Å². The first-order valence-electron chi connectivity index (χ1n) is 5.67. The van der Waals surface area contributed by atoms with Crippen LogP contribution in [0.1, 0.15) is 12.0 Å². The van der Waals surface area contributed by atoms with Crippen LogP contribution in [0, 0.1) is 22.7 Å². The van der Waals surface area contributed by atoms with Crippen molar-refractivity contribution in [2.45, 2.75) is 12.5 Å². The zero-order valence-electron chi connectivity index (χ0n) is 9.76. The van der Waals surface area contributed by atoms with Crippen LogP contribution in [0.25, 0.3) is 0 Å². The zero-order chi connectivity index (χ0) is 13.0. The SMILES string of the molecule is N#CCC1C(=O)NCCN1c1cccc(C#N)c1. The minimum absolute atomic E-state index is 0.134. The van der Waals surface area contributed by atoms with Gasteiger partial charge in [0.25, 0.3) is 0 Å². The monoisotopic (exact) mass is 240 g/mol. The summed E-state index contributed by atoms with van der Waals surface area (Å²) >= 11 is 0. The van der Waals surface area contributed by atoms with Crippen molar-refractivity contribution in [2.75, 3.05) is 18.0 Å². The first-order chi connectivity index (χ1) is 8.76. The number of piperazine rings is 1. The van der Waals surface area contributed by atoms with E-state index in [1.165, 1.54) is 0 Å². The number of carbonyl (C=O) groups excluding carboxylic acids is 1. The van der Waals surface area contributed by atoms with Crippen LogP contribution in [-0.4, -0.2) is 25.0 Å². The number of carbonyl (C=O) groups is 1. The Morgan fingerprint density at radius 2 is 2.28 bits per heavy atom. The molecule has 1 aliphatic heterocycles. The number of rotatable bonds is 2. The Morgan fingerprint density at radius 3 is 3.00 bits per heavy atom. The van der Waals surface area contributed by atoms with Crippen molar-refractivity contribution in [1.29, 1.82) is 10.5 Å². The normalized spacial score (nSPS) is 18.7. The van der Waals surface area contributed by atoms with Crippen molar-refractivity contribution >= 4 is 11.6 Å². The van der Waals surface area contributed by atoms with E-state index in [4.69, 9.17) is 10.5 Å². The van der Waals surface area contributed by atoms with Crippen molar-refractivity contribution in [3.8, 4) is 12.1 Å². The summed E-state index contributed by atoms with van der Waals surface area (Å²) < 4.78 is 0. The Hall–Kier alpha value is -2.53. The molecule has 1 atom stereocenters. The van der Waals surface area contributed by atoms with E-state index >= 15 is 0 Å².